The molecule has 2 heterocycles. The molecule has 0 saturated carbocycles. The normalized spacial score (nSPS) is 18.3. The first-order valence-corrected chi connectivity index (χ1v) is 9.12. The highest BCUT2D eigenvalue weighted by atomic mass is 16.5. The van der Waals surface area contributed by atoms with E-state index in [9.17, 15) is 0 Å². The minimum absolute atomic E-state index is 0.273. The summed E-state index contributed by atoms with van der Waals surface area (Å²) in [5.74, 6) is 2.48. The molecule has 0 amide bonds. The van der Waals surface area contributed by atoms with E-state index in [1.807, 2.05) is 31.1 Å². The van der Waals surface area contributed by atoms with E-state index in [1.54, 1.807) is 7.11 Å². The minimum Gasteiger partial charge on any atom is -0.497 e. The third kappa shape index (κ3) is 4.40. The van der Waals surface area contributed by atoms with Crippen LogP contribution in [0.1, 0.15) is 43.1 Å². The first kappa shape index (κ1) is 18.4. The van der Waals surface area contributed by atoms with Crippen LogP contribution in [0, 0.1) is 0 Å². The van der Waals surface area contributed by atoms with Crippen LogP contribution in [-0.2, 0) is 6.54 Å². The molecular weight excluding hydrogens is 328 g/mol. The molecule has 7 heteroatoms. The number of hydrogen-bond donors (Lipinski definition) is 1. The zero-order valence-corrected chi connectivity index (χ0v) is 15.9. The topological polar surface area (TPSA) is 80.4 Å². The van der Waals surface area contributed by atoms with Gasteiger partial charge in [0.25, 0.3) is 0 Å². The standard InChI is InChI=1S/C19H28N6O/c1-24(2)19-22-17(21-18(20)23-19)13-25-12-6-4-5-7-16(25)14-8-10-15(26-3)11-9-14/h8-11,16H,4-7,12-13H2,1-3H3,(H2,20,21,22,23)/t16-/m1/s1. The number of hydrogen-bond acceptors (Lipinski definition) is 7. The van der Waals surface area contributed by atoms with Crippen molar-refractivity contribution in [2.75, 3.05) is 38.4 Å². The third-order valence-corrected chi connectivity index (χ3v) is 4.80. The minimum atomic E-state index is 0.273. The third-order valence-electron chi connectivity index (χ3n) is 4.80. The molecule has 1 fully saturated rings. The average Bonchev–Trinajstić information content (AvgIpc) is 2.87. The molecule has 3 rings (SSSR count). The fraction of sp³-hybridized carbons (Fsp3) is 0.526. The van der Waals surface area contributed by atoms with Crippen molar-refractivity contribution in [1.82, 2.24) is 19.9 Å². The van der Waals surface area contributed by atoms with Gasteiger partial charge in [0.05, 0.1) is 13.7 Å². The van der Waals surface area contributed by atoms with Crippen LogP contribution >= 0.6 is 0 Å². The van der Waals surface area contributed by atoms with Crippen LogP contribution < -0.4 is 15.4 Å². The second-order valence-corrected chi connectivity index (χ2v) is 6.91. The van der Waals surface area contributed by atoms with Gasteiger partial charge in [-0.1, -0.05) is 25.0 Å². The first-order valence-electron chi connectivity index (χ1n) is 9.12. The van der Waals surface area contributed by atoms with Crippen LogP contribution in [0.25, 0.3) is 0 Å². The summed E-state index contributed by atoms with van der Waals surface area (Å²) in [4.78, 5) is 17.4. The summed E-state index contributed by atoms with van der Waals surface area (Å²) >= 11 is 0. The van der Waals surface area contributed by atoms with Crippen LogP contribution in [0.2, 0.25) is 0 Å². The molecule has 1 aromatic heterocycles. The van der Waals surface area contributed by atoms with Gasteiger partial charge in [0, 0.05) is 20.1 Å². The molecule has 2 N–H and O–H groups in total. The number of rotatable bonds is 5. The molecule has 0 aliphatic carbocycles. The maximum absolute atomic E-state index is 5.89. The highest BCUT2D eigenvalue weighted by Crippen LogP contribution is 2.32. The lowest BCUT2D eigenvalue weighted by atomic mass is 10.0. The zero-order chi connectivity index (χ0) is 18.5. The summed E-state index contributed by atoms with van der Waals surface area (Å²) in [6.45, 7) is 1.70. The molecule has 26 heavy (non-hydrogen) atoms. The lowest BCUT2D eigenvalue weighted by molar-refractivity contribution is 0.187. The molecule has 1 aromatic carbocycles. The Morgan fingerprint density at radius 3 is 2.58 bits per heavy atom. The van der Waals surface area contributed by atoms with Crippen LogP contribution in [0.15, 0.2) is 24.3 Å². The van der Waals surface area contributed by atoms with Crippen molar-refractivity contribution in [1.29, 1.82) is 0 Å². The molecule has 0 unspecified atom stereocenters. The molecule has 140 valence electrons. The number of anilines is 2. The van der Waals surface area contributed by atoms with Crippen molar-refractivity contribution in [3.63, 3.8) is 0 Å². The Morgan fingerprint density at radius 1 is 1.12 bits per heavy atom. The summed E-state index contributed by atoms with van der Waals surface area (Å²) in [6.07, 6.45) is 4.81. The van der Waals surface area contributed by atoms with Crippen molar-refractivity contribution in [3.8, 4) is 5.75 Å². The Hall–Kier alpha value is -2.41. The summed E-state index contributed by atoms with van der Waals surface area (Å²) in [7, 11) is 5.51. The van der Waals surface area contributed by atoms with E-state index in [4.69, 9.17) is 10.5 Å². The fourth-order valence-corrected chi connectivity index (χ4v) is 3.44. The van der Waals surface area contributed by atoms with Gasteiger partial charge in [0.2, 0.25) is 11.9 Å². The Kier molecular flexibility index (Phi) is 5.88. The van der Waals surface area contributed by atoms with E-state index < -0.39 is 0 Å². The number of nitrogen functional groups attached to an aromatic ring is 1. The molecule has 2 aromatic rings. The number of nitrogens with zero attached hydrogens (tertiary/aromatic N) is 5. The largest absolute Gasteiger partial charge is 0.497 e. The molecule has 1 aliphatic rings. The van der Waals surface area contributed by atoms with Crippen LogP contribution in [-0.4, -0.2) is 47.6 Å². The quantitative estimate of drug-likeness (QED) is 0.882. The Bertz CT molecular complexity index is 718. The maximum Gasteiger partial charge on any atom is 0.229 e. The van der Waals surface area contributed by atoms with Gasteiger partial charge in [-0.2, -0.15) is 15.0 Å². The van der Waals surface area contributed by atoms with Crippen LogP contribution in [0.4, 0.5) is 11.9 Å². The smallest absolute Gasteiger partial charge is 0.229 e. The lowest BCUT2D eigenvalue weighted by Crippen LogP contribution is -2.29. The number of likely N-dealkylation sites (tertiary alicyclic amines) is 1. The van der Waals surface area contributed by atoms with E-state index in [1.165, 1.54) is 24.8 Å². The van der Waals surface area contributed by atoms with Crippen LogP contribution in [0.5, 0.6) is 5.75 Å². The van der Waals surface area contributed by atoms with E-state index in [0.29, 0.717) is 18.5 Å². The van der Waals surface area contributed by atoms with Gasteiger partial charge in [-0.05, 0) is 37.1 Å². The second-order valence-electron chi connectivity index (χ2n) is 6.91. The highest BCUT2D eigenvalue weighted by molar-refractivity contribution is 5.33. The van der Waals surface area contributed by atoms with E-state index in [-0.39, 0.29) is 5.95 Å². The van der Waals surface area contributed by atoms with Crippen molar-refractivity contribution in [2.24, 2.45) is 0 Å². The van der Waals surface area contributed by atoms with E-state index >= 15 is 0 Å². The Morgan fingerprint density at radius 2 is 1.88 bits per heavy atom. The molecular formula is C19H28N6O. The van der Waals surface area contributed by atoms with Gasteiger partial charge in [-0.3, -0.25) is 4.90 Å². The summed E-state index contributed by atoms with van der Waals surface area (Å²) in [5, 5.41) is 0. The van der Waals surface area contributed by atoms with Crippen molar-refractivity contribution < 1.29 is 4.74 Å². The molecule has 0 bridgehead atoms. The van der Waals surface area contributed by atoms with E-state index in [0.717, 1.165) is 24.5 Å². The number of ether oxygens (including phenoxy) is 1. The van der Waals surface area contributed by atoms with Gasteiger partial charge in [-0.15, -0.1) is 0 Å². The highest BCUT2D eigenvalue weighted by Gasteiger charge is 2.24. The first-order chi connectivity index (χ1) is 12.6. The lowest BCUT2D eigenvalue weighted by Gasteiger charge is -2.30. The second kappa shape index (κ2) is 8.31. The Labute approximate surface area is 155 Å². The number of benzene rings is 1. The molecule has 7 nitrogen and oxygen atoms in total. The maximum atomic E-state index is 5.89. The molecule has 1 saturated heterocycles. The average molecular weight is 356 g/mol. The van der Waals surface area contributed by atoms with Crippen molar-refractivity contribution >= 4 is 11.9 Å². The molecule has 1 aliphatic heterocycles. The number of aromatic nitrogens is 3. The van der Waals surface area contributed by atoms with Crippen LogP contribution in [0.3, 0.4) is 0 Å². The monoisotopic (exact) mass is 356 g/mol. The fourth-order valence-electron chi connectivity index (χ4n) is 3.44. The predicted octanol–water partition coefficient (Wildman–Crippen LogP) is 2.65. The van der Waals surface area contributed by atoms with E-state index in [2.05, 4.69) is 32.0 Å². The summed E-state index contributed by atoms with van der Waals surface area (Å²) in [5.41, 5.74) is 7.20. The van der Waals surface area contributed by atoms with Gasteiger partial charge in [0.1, 0.15) is 11.6 Å². The number of methoxy groups -OCH3 is 1. The van der Waals surface area contributed by atoms with Gasteiger partial charge in [0.15, 0.2) is 0 Å². The SMILES string of the molecule is COc1ccc([C@H]2CCCCCN2Cc2nc(N)nc(N(C)C)n2)cc1. The molecule has 0 spiro atoms. The summed E-state index contributed by atoms with van der Waals surface area (Å²) < 4.78 is 5.29. The van der Waals surface area contributed by atoms with Gasteiger partial charge in [-0.25, -0.2) is 0 Å². The summed E-state index contributed by atoms with van der Waals surface area (Å²) in [6, 6.07) is 8.74. The zero-order valence-electron chi connectivity index (χ0n) is 15.9. The van der Waals surface area contributed by atoms with Gasteiger partial charge < -0.3 is 15.4 Å². The van der Waals surface area contributed by atoms with Gasteiger partial charge >= 0.3 is 0 Å². The van der Waals surface area contributed by atoms with Crippen molar-refractivity contribution in [2.45, 2.75) is 38.3 Å². The van der Waals surface area contributed by atoms with Crippen molar-refractivity contribution in [3.05, 3.63) is 35.7 Å². The molecule has 1 atom stereocenters. The predicted molar refractivity (Wildman–Crippen MR) is 103 cm³/mol. The number of nitrogens with two attached hydrogens (primary N) is 1. The molecule has 0 radical (unpaired) electrons. The Balaban J connectivity index is 1.84.